The van der Waals surface area contributed by atoms with E-state index in [-0.39, 0.29) is 38.6 Å². The third-order valence-corrected chi connectivity index (χ3v) is 5.70. The quantitative estimate of drug-likeness (QED) is 0.111. The summed E-state index contributed by atoms with van der Waals surface area (Å²) in [5.74, 6) is -5.07. The van der Waals surface area contributed by atoms with Crippen LogP contribution in [0.25, 0.3) is 0 Å². The van der Waals surface area contributed by atoms with Crippen LogP contribution in [0.3, 0.4) is 0 Å². The number of hydrogen-bond acceptors (Lipinski definition) is 8. The van der Waals surface area contributed by atoms with Crippen molar-refractivity contribution in [2.75, 3.05) is 13.1 Å². The maximum absolute atomic E-state index is 13.3. The highest BCUT2D eigenvalue weighted by Gasteiger charge is 2.39. The zero-order valence-corrected chi connectivity index (χ0v) is 19.6. The predicted molar refractivity (Wildman–Crippen MR) is 122 cm³/mol. The highest BCUT2D eigenvalue weighted by atomic mass is 16.4. The van der Waals surface area contributed by atoms with Crippen molar-refractivity contribution < 1.29 is 39.0 Å². The smallest absolute Gasteiger partial charge is 0.326 e. The summed E-state index contributed by atoms with van der Waals surface area (Å²) >= 11 is 0. The molecule has 14 heteroatoms. The first kappa shape index (κ1) is 29.8. The Morgan fingerprint density at radius 3 is 2.20 bits per heavy atom. The summed E-state index contributed by atoms with van der Waals surface area (Å²) < 4.78 is 0. The van der Waals surface area contributed by atoms with Crippen molar-refractivity contribution in [1.29, 1.82) is 0 Å². The number of aliphatic carboxylic acids is 2. The third-order valence-electron chi connectivity index (χ3n) is 5.70. The second kappa shape index (κ2) is 14.9. The highest BCUT2D eigenvalue weighted by molar-refractivity contribution is 5.94. The average molecular weight is 501 g/mol. The highest BCUT2D eigenvalue weighted by Crippen LogP contribution is 2.20. The molecule has 35 heavy (non-hydrogen) atoms. The van der Waals surface area contributed by atoms with E-state index in [0.717, 1.165) is 0 Å². The van der Waals surface area contributed by atoms with Crippen LogP contribution in [0.2, 0.25) is 0 Å². The number of unbranched alkanes of at least 4 members (excludes halogenated alkanes) is 1. The number of carbonyl (C=O) groups excluding carboxylic acids is 4. The number of likely N-dealkylation sites (tertiary alicyclic amines) is 1. The van der Waals surface area contributed by atoms with Gasteiger partial charge in [0.25, 0.3) is 0 Å². The molecule has 4 amide bonds. The van der Waals surface area contributed by atoms with Crippen LogP contribution < -0.4 is 27.8 Å². The van der Waals surface area contributed by atoms with E-state index >= 15 is 0 Å². The van der Waals surface area contributed by atoms with Crippen LogP contribution in [0.1, 0.15) is 57.8 Å². The fourth-order valence-corrected chi connectivity index (χ4v) is 3.75. The van der Waals surface area contributed by atoms with E-state index in [2.05, 4.69) is 10.6 Å². The molecule has 1 aliphatic heterocycles. The minimum absolute atomic E-state index is 0.00649. The number of nitrogens with two attached hydrogens (primary N) is 3. The van der Waals surface area contributed by atoms with Crippen molar-refractivity contribution >= 4 is 35.6 Å². The van der Waals surface area contributed by atoms with Gasteiger partial charge in [-0.05, 0) is 51.5 Å². The Morgan fingerprint density at radius 1 is 0.943 bits per heavy atom. The van der Waals surface area contributed by atoms with Crippen LogP contribution in [0.15, 0.2) is 0 Å². The summed E-state index contributed by atoms with van der Waals surface area (Å²) in [4.78, 5) is 73.0. The summed E-state index contributed by atoms with van der Waals surface area (Å²) in [6.07, 6.45) is 1.28. The van der Waals surface area contributed by atoms with Crippen molar-refractivity contribution in [2.45, 2.75) is 82.0 Å². The van der Waals surface area contributed by atoms with Gasteiger partial charge in [-0.1, -0.05) is 0 Å². The molecule has 1 aliphatic rings. The fraction of sp³-hybridized carbons (Fsp3) is 0.714. The summed E-state index contributed by atoms with van der Waals surface area (Å²) in [7, 11) is 0. The SMILES string of the molecule is NCCCCC(NC(=O)C(N)CCC(N)=O)C(=O)N1CCCC1C(=O)NC(CCC(=O)O)C(=O)O. The van der Waals surface area contributed by atoms with Crippen molar-refractivity contribution in [1.82, 2.24) is 15.5 Å². The zero-order chi connectivity index (χ0) is 26.5. The molecular formula is C21H36N6O8. The van der Waals surface area contributed by atoms with Crippen LogP contribution >= 0.6 is 0 Å². The van der Waals surface area contributed by atoms with E-state index < -0.39 is 66.2 Å². The van der Waals surface area contributed by atoms with Gasteiger partial charge in [-0.2, -0.15) is 0 Å². The van der Waals surface area contributed by atoms with E-state index in [1.807, 2.05) is 0 Å². The first-order valence-corrected chi connectivity index (χ1v) is 11.6. The molecule has 4 atom stereocenters. The minimum atomic E-state index is -1.42. The summed E-state index contributed by atoms with van der Waals surface area (Å²) in [5.41, 5.74) is 16.4. The van der Waals surface area contributed by atoms with E-state index in [9.17, 15) is 33.9 Å². The third kappa shape index (κ3) is 10.3. The van der Waals surface area contributed by atoms with Crippen molar-refractivity contribution in [3.8, 4) is 0 Å². The molecule has 10 N–H and O–H groups in total. The lowest BCUT2D eigenvalue weighted by Gasteiger charge is -2.30. The summed E-state index contributed by atoms with van der Waals surface area (Å²) in [5, 5.41) is 23.0. The van der Waals surface area contributed by atoms with E-state index in [0.29, 0.717) is 25.8 Å². The van der Waals surface area contributed by atoms with Gasteiger partial charge in [-0.25, -0.2) is 4.79 Å². The Hall–Kier alpha value is -3.26. The van der Waals surface area contributed by atoms with Crippen LogP contribution in [0.5, 0.6) is 0 Å². The van der Waals surface area contributed by atoms with Crippen LogP contribution in [0.4, 0.5) is 0 Å². The molecule has 14 nitrogen and oxygen atoms in total. The molecule has 1 rings (SSSR count). The number of hydrogen-bond donors (Lipinski definition) is 7. The van der Waals surface area contributed by atoms with Gasteiger partial charge in [0.1, 0.15) is 18.1 Å². The first-order valence-electron chi connectivity index (χ1n) is 11.6. The molecule has 0 aromatic carbocycles. The molecule has 0 saturated carbocycles. The number of carboxylic acids is 2. The molecule has 1 fully saturated rings. The molecule has 0 radical (unpaired) electrons. The number of carboxylic acid groups (broad SMARTS) is 2. The van der Waals surface area contributed by atoms with Gasteiger partial charge in [-0.15, -0.1) is 0 Å². The monoisotopic (exact) mass is 500 g/mol. The lowest BCUT2D eigenvalue weighted by Crippen LogP contribution is -2.56. The van der Waals surface area contributed by atoms with E-state index in [4.69, 9.17) is 22.3 Å². The predicted octanol–water partition coefficient (Wildman–Crippen LogP) is -2.38. The molecule has 0 aromatic rings. The normalized spacial score (nSPS) is 17.8. The van der Waals surface area contributed by atoms with Crippen LogP contribution in [-0.2, 0) is 28.8 Å². The Morgan fingerprint density at radius 2 is 1.63 bits per heavy atom. The maximum atomic E-state index is 13.3. The zero-order valence-electron chi connectivity index (χ0n) is 19.6. The Balaban J connectivity index is 2.92. The number of carbonyl (C=O) groups is 6. The lowest BCUT2D eigenvalue weighted by atomic mass is 10.0. The minimum Gasteiger partial charge on any atom is -0.481 e. The van der Waals surface area contributed by atoms with Gasteiger partial charge in [0.05, 0.1) is 6.04 Å². The van der Waals surface area contributed by atoms with Gasteiger partial charge in [0, 0.05) is 19.4 Å². The maximum Gasteiger partial charge on any atom is 0.326 e. The Kier molecular flexibility index (Phi) is 12.7. The van der Waals surface area contributed by atoms with Gasteiger partial charge >= 0.3 is 11.9 Å². The van der Waals surface area contributed by atoms with E-state index in [1.54, 1.807) is 0 Å². The van der Waals surface area contributed by atoms with Gasteiger partial charge in [0.2, 0.25) is 23.6 Å². The molecule has 1 heterocycles. The topological polar surface area (TPSA) is 248 Å². The molecule has 0 aliphatic carbocycles. The molecule has 0 spiro atoms. The Bertz CT molecular complexity index is 792. The average Bonchev–Trinajstić information content (AvgIpc) is 3.28. The largest absolute Gasteiger partial charge is 0.481 e. The van der Waals surface area contributed by atoms with Crippen molar-refractivity contribution in [2.24, 2.45) is 17.2 Å². The number of nitrogens with zero attached hydrogens (tertiary/aromatic N) is 1. The molecule has 198 valence electrons. The molecular weight excluding hydrogens is 464 g/mol. The standard InChI is InChI=1S/C21H36N6O8/c22-10-2-1-4-13(25-18(31)12(23)6-8-16(24)28)20(33)27-11-3-5-15(27)19(32)26-14(21(34)35)7-9-17(29)30/h12-15H,1-11,22-23H2,(H2,24,28)(H,25,31)(H,26,32)(H,29,30)(H,34,35). The molecule has 1 saturated heterocycles. The molecule has 0 aromatic heterocycles. The van der Waals surface area contributed by atoms with Crippen molar-refractivity contribution in [3.05, 3.63) is 0 Å². The van der Waals surface area contributed by atoms with Crippen LogP contribution in [0, 0.1) is 0 Å². The van der Waals surface area contributed by atoms with Crippen molar-refractivity contribution in [3.63, 3.8) is 0 Å². The number of rotatable bonds is 16. The van der Waals surface area contributed by atoms with Crippen LogP contribution in [-0.4, -0.2) is 87.9 Å². The number of primary amides is 1. The molecule has 4 unspecified atom stereocenters. The fourth-order valence-electron chi connectivity index (χ4n) is 3.75. The number of nitrogens with one attached hydrogen (secondary N) is 2. The lowest BCUT2D eigenvalue weighted by molar-refractivity contribution is -0.145. The van der Waals surface area contributed by atoms with Gasteiger partial charge in [-0.3, -0.25) is 24.0 Å². The number of amides is 4. The Labute approximate surface area is 202 Å². The summed E-state index contributed by atoms with van der Waals surface area (Å²) in [6, 6.07) is -4.44. The first-order chi connectivity index (χ1) is 16.5. The second-order valence-electron chi connectivity index (χ2n) is 8.48. The van der Waals surface area contributed by atoms with Gasteiger partial charge < -0.3 is 42.9 Å². The van der Waals surface area contributed by atoms with Gasteiger partial charge in [0.15, 0.2) is 0 Å². The summed E-state index contributed by atoms with van der Waals surface area (Å²) in [6.45, 7) is 0.607. The molecule has 0 bridgehead atoms. The second-order valence-corrected chi connectivity index (χ2v) is 8.48. The van der Waals surface area contributed by atoms with E-state index in [1.165, 1.54) is 4.90 Å².